The molecule has 0 aliphatic carbocycles. The summed E-state index contributed by atoms with van der Waals surface area (Å²) in [6.07, 6.45) is -4.45. The molecule has 1 atom stereocenters. The van der Waals surface area contributed by atoms with E-state index in [0.717, 1.165) is 12.1 Å². The lowest BCUT2D eigenvalue weighted by molar-refractivity contribution is -0.146. The van der Waals surface area contributed by atoms with Crippen LogP contribution in [0.15, 0.2) is 54.6 Å². The Hall–Kier alpha value is -2.63. The van der Waals surface area contributed by atoms with Gasteiger partial charge in [0.2, 0.25) is 0 Å². The van der Waals surface area contributed by atoms with E-state index in [1.54, 1.807) is 37.3 Å². The Morgan fingerprint density at radius 1 is 1.00 bits per heavy atom. The van der Waals surface area contributed by atoms with E-state index in [4.69, 9.17) is 4.74 Å². The first-order chi connectivity index (χ1) is 11.8. The van der Waals surface area contributed by atoms with Gasteiger partial charge in [0.25, 0.3) is 0 Å². The Bertz CT molecular complexity index is 722. The molecule has 2 aromatic carbocycles. The van der Waals surface area contributed by atoms with Gasteiger partial charge in [-0.05, 0) is 31.0 Å². The van der Waals surface area contributed by atoms with Crippen LogP contribution in [0.2, 0.25) is 0 Å². The molecular formula is C19H17F3O3. The maximum absolute atomic E-state index is 12.6. The molecule has 0 amide bonds. The SMILES string of the molecule is CCOC(=O)C(Cc1ccc(C(F)(F)F)cc1)C(=O)c1ccccc1. The number of carbonyl (C=O) groups excluding carboxylic acids is 2. The summed E-state index contributed by atoms with van der Waals surface area (Å²) >= 11 is 0. The molecule has 0 N–H and O–H groups in total. The molecule has 2 aromatic rings. The first-order valence-corrected chi connectivity index (χ1v) is 7.75. The molecule has 0 heterocycles. The predicted molar refractivity (Wildman–Crippen MR) is 86.0 cm³/mol. The van der Waals surface area contributed by atoms with E-state index in [2.05, 4.69) is 0 Å². The Labute approximate surface area is 143 Å². The van der Waals surface area contributed by atoms with Crippen LogP contribution >= 0.6 is 0 Å². The molecule has 0 saturated heterocycles. The first-order valence-electron chi connectivity index (χ1n) is 7.75. The largest absolute Gasteiger partial charge is 0.465 e. The van der Waals surface area contributed by atoms with Gasteiger partial charge in [0.05, 0.1) is 12.2 Å². The van der Waals surface area contributed by atoms with E-state index in [1.807, 2.05) is 0 Å². The fourth-order valence-corrected chi connectivity index (χ4v) is 2.40. The lowest BCUT2D eigenvalue weighted by Crippen LogP contribution is -2.28. The second kappa shape index (κ2) is 7.96. The van der Waals surface area contributed by atoms with E-state index >= 15 is 0 Å². The van der Waals surface area contributed by atoms with Crippen LogP contribution in [-0.2, 0) is 22.1 Å². The summed E-state index contributed by atoms with van der Waals surface area (Å²) in [6, 6.07) is 12.7. The highest BCUT2D eigenvalue weighted by Gasteiger charge is 2.31. The number of hydrogen-bond acceptors (Lipinski definition) is 3. The monoisotopic (exact) mass is 350 g/mol. The molecule has 3 nitrogen and oxygen atoms in total. The summed E-state index contributed by atoms with van der Waals surface area (Å²) in [6.45, 7) is 1.74. The standard InChI is InChI=1S/C19H17F3O3/c1-2-25-18(24)16(17(23)14-6-4-3-5-7-14)12-13-8-10-15(11-9-13)19(20,21)22/h3-11,16H,2,12H2,1H3. The van der Waals surface area contributed by atoms with Gasteiger partial charge in [-0.25, -0.2) is 0 Å². The van der Waals surface area contributed by atoms with Crippen LogP contribution in [0, 0.1) is 5.92 Å². The number of esters is 1. The highest BCUT2D eigenvalue weighted by atomic mass is 19.4. The zero-order valence-electron chi connectivity index (χ0n) is 13.5. The van der Waals surface area contributed by atoms with Crippen LogP contribution in [0.1, 0.15) is 28.4 Å². The average Bonchev–Trinajstić information content (AvgIpc) is 2.59. The van der Waals surface area contributed by atoms with Crippen LogP contribution in [-0.4, -0.2) is 18.4 Å². The third-order valence-corrected chi connectivity index (χ3v) is 3.67. The molecule has 6 heteroatoms. The van der Waals surface area contributed by atoms with E-state index in [9.17, 15) is 22.8 Å². The summed E-state index contributed by atoms with van der Waals surface area (Å²) in [5.74, 6) is -2.20. The van der Waals surface area contributed by atoms with Gasteiger partial charge >= 0.3 is 12.1 Å². The van der Waals surface area contributed by atoms with E-state index in [0.29, 0.717) is 11.1 Å². The number of ether oxygens (including phenoxy) is 1. The Balaban J connectivity index is 2.24. The molecule has 0 spiro atoms. The molecule has 25 heavy (non-hydrogen) atoms. The van der Waals surface area contributed by atoms with Crippen molar-refractivity contribution >= 4 is 11.8 Å². The quantitative estimate of drug-likeness (QED) is 0.443. The Kier molecular flexibility index (Phi) is 5.96. The molecule has 0 fully saturated rings. The van der Waals surface area contributed by atoms with Gasteiger partial charge in [-0.15, -0.1) is 0 Å². The summed E-state index contributed by atoms with van der Waals surface area (Å²) in [4.78, 5) is 24.8. The molecule has 0 aromatic heterocycles. The maximum atomic E-state index is 12.6. The molecule has 0 aliphatic rings. The number of rotatable bonds is 6. The van der Waals surface area contributed by atoms with Gasteiger partial charge in [0.1, 0.15) is 5.92 Å². The van der Waals surface area contributed by atoms with Crippen molar-refractivity contribution in [3.05, 3.63) is 71.3 Å². The number of hydrogen-bond donors (Lipinski definition) is 0. The van der Waals surface area contributed by atoms with Gasteiger partial charge in [-0.3, -0.25) is 9.59 Å². The summed E-state index contributed by atoms with van der Waals surface area (Å²) in [5.41, 5.74) is 0.0288. The van der Waals surface area contributed by atoms with Crippen molar-refractivity contribution in [1.29, 1.82) is 0 Å². The zero-order valence-corrected chi connectivity index (χ0v) is 13.5. The minimum Gasteiger partial charge on any atom is -0.465 e. The number of benzene rings is 2. The topological polar surface area (TPSA) is 43.4 Å². The summed E-state index contributed by atoms with van der Waals surface area (Å²) in [5, 5.41) is 0. The van der Waals surface area contributed by atoms with E-state index in [-0.39, 0.29) is 13.0 Å². The molecular weight excluding hydrogens is 333 g/mol. The van der Waals surface area contributed by atoms with Crippen molar-refractivity contribution in [3.8, 4) is 0 Å². The number of carbonyl (C=O) groups is 2. The minimum atomic E-state index is -4.43. The molecule has 0 aliphatic heterocycles. The van der Waals surface area contributed by atoms with E-state index < -0.39 is 29.4 Å². The summed E-state index contributed by atoms with van der Waals surface area (Å²) < 4.78 is 42.9. The van der Waals surface area contributed by atoms with Gasteiger partial charge in [-0.1, -0.05) is 42.5 Å². The highest BCUT2D eigenvalue weighted by Crippen LogP contribution is 2.29. The van der Waals surface area contributed by atoms with Crippen LogP contribution in [0.5, 0.6) is 0 Å². The van der Waals surface area contributed by atoms with Crippen LogP contribution in [0.3, 0.4) is 0 Å². The van der Waals surface area contributed by atoms with Crippen molar-refractivity contribution < 1.29 is 27.5 Å². The first kappa shape index (κ1) is 18.7. The molecule has 0 radical (unpaired) electrons. The number of Topliss-reactive ketones (excluding diaryl/α,β-unsaturated/α-hetero) is 1. The normalized spacial score (nSPS) is 12.5. The van der Waals surface area contributed by atoms with Gasteiger partial charge in [0.15, 0.2) is 5.78 Å². The average molecular weight is 350 g/mol. The van der Waals surface area contributed by atoms with Gasteiger partial charge in [-0.2, -0.15) is 13.2 Å². The molecule has 0 saturated carbocycles. The lowest BCUT2D eigenvalue weighted by Gasteiger charge is -2.15. The van der Waals surface area contributed by atoms with Crippen molar-refractivity contribution in [2.45, 2.75) is 19.5 Å². The van der Waals surface area contributed by atoms with Crippen molar-refractivity contribution in [3.63, 3.8) is 0 Å². The molecule has 2 rings (SSSR count). The fourth-order valence-electron chi connectivity index (χ4n) is 2.40. The maximum Gasteiger partial charge on any atom is 0.416 e. The molecule has 132 valence electrons. The Morgan fingerprint density at radius 3 is 2.12 bits per heavy atom. The third-order valence-electron chi connectivity index (χ3n) is 3.67. The molecule has 1 unspecified atom stereocenters. The lowest BCUT2D eigenvalue weighted by atomic mass is 9.91. The van der Waals surface area contributed by atoms with Crippen LogP contribution in [0.4, 0.5) is 13.2 Å². The smallest absolute Gasteiger partial charge is 0.416 e. The predicted octanol–water partition coefficient (Wildman–Crippen LogP) is 4.31. The second-order valence-electron chi connectivity index (χ2n) is 5.43. The number of alkyl halides is 3. The third kappa shape index (κ3) is 4.92. The Morgan fingerprint density at radius 2 is 1.60 bits per heavy atom. The summed E-state index contributed by atoms with van der Waals surface area (Å²) in [7, 11) is 0. The van der Waals surface area contributed by atoms with Crippen molar-refractivity contribution in [2.75, 3.05) is 6.61 Å². The second-order valence-corrected chi connectivity index (χ2v) is 5.43. The van der Waals surface area contributed by atoms with E-state index in [1.165, 1.54) is 12.1 Å². The minimum absolute atomic E-state index is 0.0231. The number of halogens is 3. The van der Waals surface area contributed by atoms with Crippen LogP contribution < -0.4 is 0 Å². The van der Waals surface area contributed by atoms with Gasteiger partial charge in [0, 0.05) is 5.56 Å². The fraction of sp³-hybridized carbons (Fsp3) is 0.263. The van der Waals surface area contributed by atoms with Crippen molar-refractivity contribution in [1.82, 2.24) is 0 Å². The van der Waals surface area contributed by atoms with Crippen molar-refractivity contribution in [2.24, 2.45) is 5.92 Å². The molecule has 0 bridgehead atoms. The van der Waals surface area contributed by atoms with Crippen LogP contribution in [0.25, 0.3) is 0 Å². The zero-order chi connectivity index (χ0) is 18.4. The van der Waals surface area contributed by atoms with Gasteiger partial charge < -0.3 is 4.74 Å². The highest BCUT2D eigenvalue weighted by molar-refractivity contribution is 6.08. The number of ketones is 1.